The second-order valence-electron chi connectivity index (χ2n) is 3.59. The van der Waals surface area contributed by atoms with E-state index >= 15 is 0 Å². The summed E-state index contributed by atoms with van der Waals surface area (Å²) in [6.45, 7) is 1.96. The maximum Gasteiger partial charge on any atom is 0.341 e. The molecule has 2 aromatic heterocycles. The van der Waals surface area contributed by atoms with E-state index in [0.29, 0.717) is 0 Å². The van der Waals surface area contributed by atoms with Crippen LogP contribution in [-0.4, -0.2) is 38.4 Å². The van der Waals surface area contributed by atoms with Crippen LogP contribution in [0.2, 0.25) is 0 Å². The predicted molar refractivity (Wildman–Crippen MR) is 64.3 cm³/mol. The molecule has 0 radical (unpaired) electrons. The third-order valence-corrected chi connectivity index (χ3v) is 2.37. The summed E-state index contributed by atoms with van der Waals surface area (Å²) in [6, 6.07) is 1.36. The molecule has 98 valence electrons. The molecule has 0 aliphatic rings. The van der Waals surface area contributed by atoms with Crippen LogP contribution < -0.4 is 0 Å². The highest BCUT2D eigenvalue weighted by atomic mass is 16.5. The zero-order chi connectivity index (χ0) is 13.8. The molecule has 0 amide bonds. The predicted octanol–water partition coefficient (Wildman–Crippen LogP) is 1.14. The number of hydrogen-bond donors (Lipinski definition) is 1. The zero-order valence-electron chi connectivity index (χ0n) is 10.1. The molecule has 2 heterocycles. The Morgan fingerprint density at radius 2 is 2.21 bits per heavy atom. The Hall–Kier alpha value is -2.70. The number of carboxylic acid groups (broad SMARTS) is 1. The molecule has 0 aromatic carbocycles. The number of carboxylic acids is 1. The van der Waals surface area contributed by atoms with Gasteiger partial charge in [-0.1, -0.05) is 0 Å². The van der Waals surface area contributed by atoms with Gasteiger partial charge in [-0.2, -0.15) is 5.10 Å². The van der Waals surface area contributed by atoms with Crippen molar-refractivity contribution in [2.24, 2.45) is 0 Å². The number of pyridine rings is 1. The first-order chi connectivity index (χ1) is 9.13. The van der Waals surface area contributed by atoms with Crippen molar-refractivity contribution in [2.45, 2.75) is 6.92 Å². The summed E-state index contributed by atoms with van der Waals surface area (Å²) in [6.07, 6.45) is 5.46. The molecule has 0 spiro atoms. The topological polar surface area (TPSA) is 94.3 Å². The number of carbonyl (C=O) groups excluding carboxylic acids is 1. The molecule has 19 heavy (non-hydrogen) atoms. The third-order valence-electron chi connectivity index (χ3n) is 2.37. The molecule has 7 nitrogen and oxygen atoms in total. The van der Waals surface area contributed by atoms with E-state index in [1.807, 2.05) is 0 Å². The van der Waals surface area contributed by atoms with Gasteiger partial charge in [-0.15, -0.1) is 0 Å². The van der Waals surface area contributed by atoms with Crippen molar-refractivity contribution in [3.05, 3.63) is 42.0 Å². The molecular weight excluding hydrogens is 250 g/mol. The summed E-state index contributed by atoms with van der Waals surface area (Å²) in [4.78, 5) is 26.4. The van der Waals surface area contributed by atoms with Gasteiger partial charge in [0.05, 0.1) is 35.8 Å². The molecule has 0 atom stereocenters. The Morgan fingerprint density at radius 3 is 2.89 bits per heavy atom. The summed E-state index contributed by atoms with van der Waals surface area (Å²) in [5, 5.41) is 13.0. The zero-order valence-corrected chi connectivity index (χ0v) is 10.1. The molecule has 7 heteroatoms. The molecule has 1 N–H and O–H groups in total. The summed E-state index contributed by atoms with van der Waals surface area (Å²) in [5.74, 6) is -1.60. The van der Waals surface area contributed by atoms with Gasteiger partial charge in [-0.25, -0.2) is 14.3 Å². The van der Waals surface area contributed by atoms with Crippen LogP contribution >= 0.6 is 0 Å². The lowest BCUT2D eigenvalue weighted by molar-refractivity contribution is 0.0526. The quantitative estimate of drug-likeness (QED) is 0.829. The molecule has 0 saturated carbocycles. The number of ether oxygens (including phenoxy) is 1. The van der Waals surface area contributed by atoms with E-state index in [9.17, 15) is 9.59 Å². The Balaban J connectivity index is 2.38. The van der Waals surface area contributed by atoms with E-state index in [2.05, 4.69) is 10.1 Å². The fourth-order valence-corrected chi connectivity index (χ4v) is 1.52. The number of rotatable bonds is 4. The van der Waals surface area contributed by atoms with Gasteiger partial charge < -0.3 is 9.84 Å². The number of aromatic nitrogens is 3. The van der Waals surface area contributed by atoms with Gasteiger partial charge in [-0.05, 0) is 13.0 Å². The minimum atomic E-state index is -1.09. The number of nitrogens with zero attached hydrogens (tertiary/aromatic N) is 3. The van der Waals surface area contributed by atoms with Gasteiger partial charge in [0.1, 0.15) is 0 Å². The fourth-order valence-electron chi connectivity index (χ4n) is 1.52. The van der Waals surface area contributed by atoms with Gasteiger partial charge >= 0.3 is 11.9 Å². The van der Waals surface area contributed by atoms with Crippen molar-refractivity contribution < 1.29 is 19.4 Å². The fraction of sp³-hybridized carbons (Fsp3) is 0.167. The summed E-state index contributed by atoms with van der Waals surface area (Å²) >= 11 is 0. The van der Waals surface area contributed by atoms with Gasteiger partial charge in [-0.3, -0.25) is 4.98 Å². The Kier molecular flexibility index (Phi) is 3.56. The number of esters is 1. The van der Waals surface area contributed by atoms with E-state index in [1.165, 1.54) is 35.5 Å². The molecule has 2 aromatic rings. The second-order valence-corrected chi connectivity index (χ2v) is 3.59. The number of hydrogen-bond acceptors (Lipinski definition) is 5. The van der Waals surface area contributed by atoms with E-state index in [-0.39, 0.29) is 23.4 Å². The Labute approximate surface area is 108 Å². The molecular formula is C12H11N3O4. The SMILES string of the molecule is CCOC(=O)c1cnn(-c2cnccc2C(=O)O)c1. The first-order valence-corrected chi connectivity index (χ1v) is 5.53. The minimum Gasteiger partial charge on any atom is -0.478 e. The number of aromatic carboxylic acids is 1. The van der Waals surface area contributed by atoms with Crippen LogP contribution in [0.25, 0.3) is 5.69 Å². The van der Waals surface area contributed by atoms with E-state index in [1.54, 1.807) is 6.92 Å². The molecule has 0 aliphatic heterocycles. The van der Waals surface area contributed by atoms with Gasteiger partial charge in [0, 0.05) is 12.4 Å². The van der Waals surface area contributed by atoms with Crippen LogP contribution in [0.4, 0.5) is 0 Å². The normalized spacial score (nSPS) is 10.2. The average molecular weight is 261 g/mol. The highest BCUT2D eigenvalue weighted by Crippen LogP contribution is 2.13. The third kappa shape index (κ3) is 2.59. The Bertz CT molecular complexity index is 621. The maximum atomic E-state index is 11.5. The van der Waals surface area contributed by atoms with Crippen molar-refractivity contribution in [3.8, 4) is 5.69 Å². The van der Waals surface area contributed by atoms with Crippen LogP contribution in [-0.2, 0) is 4.74 Å². The van der Waals surface area contributed by atoms with Gasteiger partial charge in [0.2, 0.25) is 0 Å². The van der Waals surface area contributed by atoms with Crippen LogP contribution in [0.15, 0.2) is 30.9 Å². The first-order valence-electron chi connectivity index (χ1n) is 5.53. The van der Waals surface area contributed by atoms with Crippen molar-refractivity contribution >= 4 is 11.9 Å². The minimum absolute atomic E-state index is 0.0495. The standard InChI is InChI=1S/C12H11N3O4/c1-2-19-12(18)8-5-14-15(7-8)10-6-13-4-3-9(10)11(16)17/h3-7H,2H2,1H3,(H,16,17). The lowest BCUT2D eigenvalue weighted by Crippen LogP contribution is -2.07. The highest BCUT2D eigenvalue weighted by molar-refractivity contribution is 5.92. The number of carbonyl (C=O) groups is 2. The van der Waals surface area contributed by atoms with Gasteiger partial charge in [0.25, 0.3) is 0 Å². The van der Waals surface area contributed by atoms with Crippen molar-refractivity contribution in [1.82, 2.24) is 14.8 Å². The Morgan fingerprint density at radius 1 is 1.42 bits per heavy atom. The van der Waals surface area contributed by atoms with Crippen LogP contribution in [0.3, 0.4) is 0 Å². The van der Waals surface area contributed by atoms with Crippen LogP contribution in [0, 0.1) is 0 Å². The van der Waals surface area contributed by atoms with E-state index in [4.69, 9.17) is 9.84 Å². The van der Waals surface area contributed by atoms with Gasteiger partial charge in [0.15, 0.2) is 0 Å². The van der Waals surface area contributed by atoms with E-state index < -0.39 is 11.9 Å². The largest absolute Gasteiger partial charge is 0.478 e. The lowest BCUT2D eigenvalue weighted by Gasteiger charge is -2.04. The molecule has 0 aliphatic carbocycles. The maximum absolute atomic E-state index is 11.5. The average Bonchev–Trinajstić information content (AvgIpc) is 2.88. The van der Waals surface area contributed by atoms with Crippen molar-refractivity contribution in [2.75, 3.05) is 6.61 Å². The smallest absolute Gasteiger partial charge is 0.341 e. The second kappa shape index (κ2) is 5.30. The van der Waals surface area contributed by atoms with Crippen LogP contribution in [0.1, 0.15) is 27.6 Å². The first kappa shape index (κ1) is 12.7. The van der Waals surface area contributed by atoms with Crippen LogP contribution in [0.5, 0.6) is 0 Å². The van der Waals surface area contributed by atoms with Crippen molar-refractivity contribution in [1.29, 1.82) is 0 Å². The molecule has 0 unspecified atom stereocenters. The van der Waals surface area contributed by atoms with E-state index in [0.717, 1.165) is 0 Å². The molecule has 0 saturated heterocycles. The summed E-state index contributed by atoms with van der Waals surface area (Å²) < 4.78 is 6.11. The highest BCUT2D eigenvalue weighted by Gasteiger charge is 2.15. The molecule has 0 bridgehead atoms. The monoisotopic (exact) mass is 261 g/mol. The molecule has 0 fully saturated rings. The summed E-state index contributed by atoms with van der Waals surface area (Å²) in [5.41, 5.74) is 0.584. The molecule has 2 rings (SSSR count). The van der Waals surface area contributed by atoms with Crippen molar-refractivity contribution in [3.63, 3.8) is 0 Å². The lowest BCUT2D eigenvalue weighted by atomic mass is 10.2. The summed E-state index contributed by atoms with van der Waals surface area (Å²) in [7, 11) is 0.